The van der Waals surface area contributed by atoms with Crippen LogP contribution in [0.15, 0.2) is 0 Å². The van der Waals surface area contributed by atoms with Crippen LogP contribution in [0.2, 0.25) is 0 Å². The first-order valence-corrected chi connectivity index (χ1v) is 6.22. The third-order valence-electron chi connectivity index (χ3n) is 2.99. The molecule has 1 unspecified atom stereocenters. The fourth-order valence-electron chi connectivity index (χ4n) is 2.17. The van der Waals surface area contributed by atoms with E-state index in [1.807, 2.05) is 0 Å². The number of halogens is 1. The van der Waals surface area contributed by atoms with Crippen LogP contribution in [0.25, 0.3) is 0 Å². The van der Waals surface area contributed by atoms with Gasteiger partial charge in [-0.05, 0) is 38.8 Å². The maximum absolute atomic E-state index is 5.81. The van der Waals surface area contributed by atoms with E-state index >= 15 is 0 Å². The van der Waals surface area contributed by atoms with Gasteiger partial charge in [-0.1, -0.05) is 19.8 Å². The fourth-order valence-corrected chi connectivity index (χ4v) is 2.42. The van der Waals surface area contributed by atoms with Crippen molar-refractivity contribution in [3.05, 3.63) is 0 Å². The smallest absolute Gasteiger partial charge is 0.0238 e. The summed E-state index contributed by atoms with van der Waals surface area (Å²) >= 11 is 5.81. The van der Waals surface area contributed by atoms with Gasteiger partial charge >= 0.3 is 0 Å². The Hall–Kier alpha value is 0.250. The highest BCUT2D eigenvalue weighted by Gasteiger charge is 2.20. The van der Waals surface area contributed by atoms with Crippen molar-refractivity contribution in [2.24, 2.45) is 0 Å². The van der Waals surface area contributed by atoms with E-state index in [1.54, 1.807) is 0 Å². The lowest BCUT2D eigenvalue weighted by Gasteiger charge is -2.35. The molecule has 0 aliphatic carbocycles. The highest BCUT2D eigenvalue weighted by Crippen LogP contribution is 2.20. The van der Waals surface area contributed by atoms with E-state index in [4.69, 9.17) is 11.6 Å². The van der Waals surface area contributed by atoms with Crippen LogP contribution >= 0.6 is 11.6 Å². The van der Waals surface area contributed by atoms with Crippen molar-refractivity contribution in [2.45, 2.75) is 51.5 Å². The summed E-state index contributed by atoms with van der Waals surface area (Å²) in [6, 6.07) is 0.790. The lowest BCUT2D eigenvalue weighted by atomic mass is 10.00. The highest BCUT2D eigenvalue weighted by atomic mass is 35.5. The van der Waals surface area contributed by atoms with Crippen molar-refractivity contribution in [2.75, 3.05) is 19.0 Å². The molecule has 1 fully saturated rings. The van der Waals surface area contributed by atoms with E-state index in [-0.39, 0.29) is 0 Å². The molecule has 0 N–H and O–H groups in total. The number of rotatable bonds is 5. The van der Waals surface area contributed by atoms with Crippen molar-refractivity contribution in [1.82, 2.24) is 4.90 Å². The molecule has 0 radical (unpaired) electrons. The quantitative estimate of drug-likeness (QED) is 0.620. The minimum Gasteiger partial charge on any atom is -0.300 e. The van der Waals surface area contributed by atoms with Crippen LogP contribution in [-0.2, 0) is 0 Å². The number of hydrogen-bond donors (Lipinski definition) is 0. The number of likely N-dealkylation sites (tertiary alicyclic amines) is 1. The van der Waals surface area contributed by atoms with Gasteiger partial charge in [-0.25, -0.2) is 0 Å². The van der Waals surface area contributed by atoms with Gasteiger partial charge in [0.15, 0.2) is 0 Å². The van der Waals surface area contributed by atoms with Crippen LogP contribution in [0, 0.1) is 0 Å². The van der Waals surface area contributed by atoms with Crippen molar-refractivity contribution >= 4 is 11.6 Å². The van der Waals surface area contributed by atoms with E-state index in [0.717, 1.165) is 11.9 Å². The number of nitrogens with zero attached hydrogens (tertiary/aromatic N) is 1. The van der Waals surface area contributed by atoms with Crippen LogP contribution in [0.1, 0.15) is 45.4 Å². The van der Waals surface area contributed by atoms with Gasteiger partial charge in [0, 0.05) is 11.9 Å². The van der Waals surface area contributed by atoms with Crippen LogP contribution in [0.4, 0.5) is 0 Å². The van der Waals surface area contributed by atoms with Gasteiger partial charge in [-0.2, -0.15) is 0 Å². The van der Waals surface area contributed by atoms with Crippen molar-refractivity contribution in [1.29, 1.82) is 0 Å². The fraction of sp³-hybridized carbons (Fsp3) is 1.00. The summed E-state index contributed by atoms with van der Waals surface area (Å²) in [5.41, 5.74) is 0. The van der Waals surface area contributed by atoms with Crippen LogP contribution in [0.3, 0.4) is 0 Å². The lowest BCUT2D eigenvalue weighted by molar-refractivity contribution is 0.143. The molecule has 0 spiro atoms. The maximum atomic E-state index is 5.81. The van der Waals surface area contributed by atoms with Gasteiger partial charge in [-0.3, -0.25) is 0 Å². The molecule has 1 heterocycles. The maximum Gasteiger partial charge on any atom is 0.0238 e. The van der Waals surface area contributed by atoms with E-state index < -0.39 is 0 Å². The highest BCUT2D eigenvalue weighted by molar-refractivity contribution is 6.17. The molecule has 0 aromatic heterocycles. The molecule has 1 aliphatic heterocycles. The van der Waals surface area contributed by atoms with Crippen LogP contribution in [-0.4, -0.2) is 29.9 Å². The molecular formula is C11H22ClN. The molecule has 0 amide bonds. The van der Waals surface area contributed by atoms with E-state index in [9.17, 15) is 0 Å². The summed E-state index contributed by atoms with van der Waals surface area (Å²) in [7, 11) is 0. The molecule has 0 aromatic carbocycles. The normalized spacial score (nSPS) is 24.9. The Morgan fingerprint density at radius 2 is 2.23 bits per heavy atom. The molecule has 1 saturated heterocycles. The Kier molecular flexibility index (Phi) is 5.81. The monoisotopic (exact) mass is 203 g/mol. The summed E-state index contributed by atoms with van der Waals surface area (Å²) in [6.07, 6.45) is 8.01. The first kappa shape index (κ1) is 11.3. The van der Waals surface area contributed by atoms with Crippen molar-refractivity contribution < 1.29 is 0 Å². The first-order chi connectivity index (χ1) is 6.38. The predicted molar refractivity (Wildman–Crippen MR) is 59.5 cm³/mol. The molecule has 2 heteroatoms. The second-order valence-electron chi connectivity index (χ2n) is 4.02. The molecule has 0 aromatic rings. The Morgan fingerprint density at radius 1 is 1.38 bits per heavy atom. The Bertz CT molecular complexity index is 125. The second kappa shape index (κ2) is 6.67. The van der Waals surface area contributed by atoms with E-state index in [2.05, 4.69) is 11.8 Å². The second-order valence-corrected chi connectivity index (χ2v) is 4.39. The van der Waals surface area contributed by atoms with Crippen molar-refractivity contribution in [3.8, 4) is 0 Å². The van der Waals surface area contributed by atoms with Crippen LogP contribution in [0.5, 0.6) is 0 Å². The molecule has 1 rings (SSSR count). The average molecular weight is 204 g/mol. The topological polar surface area (TPSA) is 3.24 Å². The predicted octanol–water partition coefficient (Wildman–Crippen LogP) is 3.27. The molecule has 78 valence electrons. The third kappa shape index (κ3) is 3.86. The van der Waals surface area contributed by atoms with E-state index in [1.165, 1.54) is 51.6 Å². The molecule has 0 saturated carbocycles. The minimum atomic E-state index is 0.790. The number of piperidine rings is 1. The Morgan fingerprint density at radius 3 is 2.92 bits per heavy atom. The third-order valence-corrected chi connectivity index (χ3v) is 3.21. The van der Waals surface area contributed by atoms with E-state index in [0.29, 0.717) is 0 Å². The van der Waals surface area contributed by atoms with Crippen LogP contribution < -0.4 is 0 Å². The van der Waals surface area contributed by atoms with Gasteiger partial charge in [0.1, 0.15) is 0 Å². The van der Waals surface area contributed by atoms with Gasteiger partial charge in [0.2, 0.25) is 0 Å². The number of alkyl halides is 1. The Labute approximate surface area is 87.4 Å². The molecule has 1 nitrogen and oxygen atoms in total. The molecule has 1 atom stereocenters. The zero-order valence-electron chi connectivity index (χ0n) is 8.77. The zero-order chi connectivity index (χ0) is 9.52. The average Bonchev–Trinajstić information content (AvgIpc) is 2.17. The molecule has 13 heavy (non-hydrogen) atoms. The SMILES string of the molecule is CCCCN1CCCCC1CCCl. The summed E-state index contributed by atoms with van der Waals surface area (Å²) in [4.78, 5) is 2.65. The van der Waals surface area contributed by atoms with Gasteiger partial charge in [-0.15, -0.1) is 11.6 Å². The summed E-state index contributed by atoms with van der Waals surface area (Å²) in [5, 5.41) is 0. The van der Waals surface area contributed by atoms with Gasteiger partial charge in [0.05, 0.1) is 0 Å². The molecule has 0 bridgehead atoms. The minimum absolute atomic E-state index is 0.790. The standard InChI is InChI=1S/C11H22ClN/c1-2-3-9-13-10-5-4-6-11(13)7-8-12/h11H,2-10H2,1H3. The lowest BCUT2D eigenvalue weighted by Crippen LogP contribution is -2.40. The first-order valence-electron chi connectivity index (χ1n) is 5.68. The summed E-state index contributed by atoms with van der Waals surface area (Å²) < 4.78 is 0. The number of unbranched alkanes of at least 4 members (excludes halogenated alkanes) is 1. The zero-order valence-corrected chi connectivity index (χ0v) is 9.52. The van der Waals surface area contributed by atoms with Gasteiger partial charge < -0.3 is 4.90 Å². The largest absolute Gasteiger partial charge is 0.300 e. The summed E-state index contributed by atoms with van der Waals surface area (Å²) in [5.74, 6) is 0.827. The summed E-state index contributed by atoms with van der Waals surface area (Å²) in [6.45, 7) is 4.86. The van der Waals surface area contributed by atoms with Gasteiger partial charge in [0.25, 0.3) is 0 Å². The van der Waals surface area contributed by atoms with Crippen molar-refractivity contribution in [3.63, 3.8) is 0 Å². The molecular weight excluding hydrogens is 182 g/mol. The Balaban J connectivity index is 2.28. The molecule has 1 aliphatic rings. The number of hydrogen-bond acceptors (Lipinski definition) is 1.